The molecule has 0 aliphatic heterocycles. The van der Waals surface area contributed by atoms with E-state index in [1.54, 1.807) is 0 Å². The topological polar surface area (TPSA) is 9.23 Å². The molecule has 0 aromatic carbocycles. The van der Waals surface area contributed by atoms with Crippen LogP contribution in [0.5, 0.6) is 0 Å². The number of allylic oxidation sites excluding steroid dienone is 2. The van der Waals surface area contributed by atoms with E-state index in [1.807, 2.05) is 0 Å². The Hall–Kier alpha value is -1.65. The van der Waals surface area contributed by atoms with Gasteiger partial charge in [-0.15, -0.1) is 0 Å². The minimum atomic E-state index is -7.71. The summed E-state index contributed by atoms with van der Waals surface area (Å²) in [7, 11) is 0. The van der Waals surface area contributed by atoms with Gasteiger partial charge < -0.3 is 4.74 Å². The van der Waals surface area contributed by atoms with Crippen molar-refractivity contribution in [3.05, 3.63) is 17.5 Å². The second kappa shape index (κ2) is 5.77. The molecular formula is C12H2F17O. The van der Waals surface area contributed by atoms with Crippen molar-refractivity contribution < 1.29 is 79.4 Å². The van der Waals surface area contributed by atoms with Crippen molar-refractivity contribution >= 4 is 0 Å². The minimum Gasteiger partial charge on any atom is -0.447 e. The van der Waals surface area contributed by atoms with Gasteiger partial charge in [0.2, 0.25) is 6.17 Å². The number of halogens is 17. The lowest BCUT2D eigenvalue weighted by Crippen LogP contribution is -2.73. The summed E-state index contributed by atoms with van der Waals surface area (Å²) in [6, 6.07) is 0. The van der Waals surface area contributed by atoms with Gasteiger partial charge in [-0.1, -0.05) is 0 Å². The number of hydrogen-bond donors (Lipinski definition) is 0. The fourth-order valence-corrected chi connectivity index (χ4v) is 2.48. The molecule has 175 valence electrons. The lowest BCUT2D eigenvalue weighted by atomic mass is 9.70. The van der Waals surface area contributed by atoms with E-state index < -0.39 is 71.5 Å². The normalized spacial score (nSPS) is 32.6. The number of rotatable bonds is 4. The fraction of sp³-hybridized carbons (Fsp3) is 0.750. The standard InChI is InChI=1S/C12H2F17O/c13-2-1-5(14,15)9(2,21)30-4-3(6(16,8(4,19)20)11(24,25)26)7(17,18)10(22,23)12(27,28)29/h1H2. The lowest BCUT2D eigenvalue weighted by Gasteiger charge is -2.52. The first-order chi connectivity index (χ1) is 12.8. The molecule has 2 atom stereocenters. The van der Waals surface area contributed by atoms with E-state index in [2.05, 4.69) is 4.74 Å². The van der Waals surface area contributed by atoms with Crippen LogP contribution in [0.15, 0.2) is 11.3 Å². The highest BCUT2D eigenvalue weighted by molar-refractivity contribution is 5.51. The summed E-state index contributed by atoms with van der Waals surface area (Å²) >= 11 is 0. The Balaban J connectivity index is 2.81. The second-order valence-corrected chi connectivity index (χ2v) is 6.06. The number of ether oxygens (including phenoxy) is 1. The van der Waals surface area contributed by atoms with Crippen LogP contribution in [-0.4, -0.2) is 47.6 Å². The first-order valence-electron chi connectivity index (χ1n) is 6.83. The molecular weight excluding hydrogens is 483 g/mol. The van der Waals surface area contributed by atoms with Crippen molar-refractivity contribution in [2.24, 2.45) is 0 Å². The summed E-state index contributed by atoms with van der Waals surface area (Å²) < 4.78 is 224. The quantitative estimate of drug-likeness (QED) is 0.430. The van der Waals surface area contributed by atoms with Crippen molar-refractivity contribution in [3.8, 4) is 0 Å². The van der Waals surface area contributed by atoms with Crippen LogP contribution in [0.1, 0.15) is 6.42 Å². The third-order valence-corrected chi connectivity index (χ3v) is 4.18. The Morgan fingerprint density at radius 2 is 1.17 bits per heavy atom. The molecule has 0 spiro atoms. The molecule has 18 heteroatoms. The molecule has 0 heterocycles. The third-order valence-electron chi connectivity index (χ3n) is 4.18. The van der Waals surface area contributed by atoms with Crippen molar-refractivity contribution in [2.45, 2.75) is 54.0 Å². The molecule has 1 saturated carbocycles. The lowest BCUT2D eigenvalue weighted by molar-refractivity contribution is -0.383. The van der Waals surface area contributed by atoms with Crippen LogP contribution in [-0.2, 0) is 4.74 Å². The van der Waals surface area contributed by atoms with E-state index in [1.165, 1.54) is 0 Å². The van der Waals surface area contributed by atoms with Crippen LogP contribution in [0.3, 0.4) is 0 Å². The Bertz CT molecular complexity index is 760. The van der Waals surface area contributed by atoms with Gasteiger partial charge in [0.05, 0.1) is 6.42 Å². The molecule has 1 radical (unpaired) electrons. The number of alkyl halides is 16. The largest absolute Gasteiger partial charge is 0.460 e. The highest BCUT2D eigenvalue weighted by Crippen LogP contribution is 2.70. The van der Waals surface area contributed by atoms with E-state index in [4.69, 9.17) is 0 Å². The first-order valence-corrected chi connectivity index (χ1v) is 6.83. The van der Waals surface area contributed by atoms with Gasteiger partial charge in [-0.05, 0) is 0 Å². The Labute approximate surface area is 152 Å². The smallest absolute Gasteiger partial charge is 0.447 e. The maximum atomic E-state index is 13.9. The molecule has 30 heavy (non-hydrogen) atoms. The SMILES string of the molecule is F[C]1CC(F)(F)C1(F)OC1=C(C(F)(F)C(F)(F)C(F)(F)F)C(F)(C(F)(F)F)C1(F)F. The van der Waals surface area contributed by atoms with Crippen LogP contribution >= 0.6 is 0 Å². The van der Waals surface area contributed by atoms with Gasteiger partial charge in [0.25, 0.3) is 0 Å². The predicted molar refractivity (Wildman–Crippen MR) is 56.7 cm³/mol. The zero-order valence-electron chi connectivity index (χ0n) is 13.0. The van der Waals surface area contributed by atoms with Gasteiger partial charge in [0.15, 0.2) is 5.76 Å². The summed E-state index contributed by atoms with van der Waals surface area (Å²) in [6.45, 7) is 0. The molecule has 0 aromatic heterocycles. The van der Waals surface area contributed by atoms with Crippen molar-refractivity contribution in [1.29, 1.82) is 0 Å². The summed E-state index contributed by atoms with van der Waals surface area (Å²) in [6.07, 6.45) is -20.0. The first kappa shape index (κ1) is 24.6. The Kier molecular flexibility index (Phi) is 4.74. The molecule has 0 N–H and O–H groups in total. The zero-order chi connectivity index (χ0) is 24.1. The van der Waals surface area contributed by atoms with Crippen LogP contribution in [0.25, 0.3) is 0 Å². The second-order valence-electron chi connectivity index (χ2n) is 6.06. The monoisotopic (exact) mass is 485 g/mol. The van der Waals surface area contributed by atoms with Gasteiger partial charge in [-0.2, -0.15) is 65.9 Å². The van der Waals surface area contributed by atoms with Crippen LogP contribution in [0, 0.1) is 6.17 Å². The van der Waals surface area contributed by atoms with Gasteiger partial charge in [0.1, 0.15) is 5.57 Å². The van der Waals surface area contributed by atoms with E-state index >= 15 is 0 Å². The molecule has 2 aliphatic carbocycles. The maximum Gasteiger partial charge on any atom is 0.460 e. The molecule has 0 saturated heterocycles. The molecule has 0 amide bonds. The molecule has 0 bridgehead atoms. The number of hydrogen-bond acceptors (Lipinski definition) is 1. The van der Waals surface area contributed by atoms with Crippen molar-refractivity contribution in [2.75, 3.05) is 0 Å². The predicted octanol–water partition coefficient (Wildman–Crippen LogP) is 6.22. The Morgan fingerprint density at radius 3 is 1.47 bits per heavy atom. The van der Waals surface area contributed by atoms with Gasteiger partial charge in [-0.3, -0.25) is 0 Å². The summed E-state index contributed by atoms with van der Waals surface area (Å²) in [5.74, 6) is -36.8. The van der Waals surface area contributed by atoms with E-state index in [9.17, 15) is 74.6 Å². The van der Waals surface area contributed by atoms with Crippen LogP contribution in [0.4, 0.5) is 74.6 Å². The van der Waals surface area contributed by atoms with Crippen LogP contribution < -0.4 is 0 Å². The van der Waals surface area contributed by atoms with E-state index in [0.717, 1.165) is 0 Å². The van der Waals surface area contributed by atoms with Crippen molar-refractivity contribution in [1.82, 2.24) is 0 Å². The zero-order valence-corrected chi connectivity index (χ0v) is 13.0. The molecule has 2 rings (SSSR count). The fourth-order valence-electron chi connectivity index (χ4n) is 2.48. The Morgan fingerprint density at radius 1 is 0.733 bits per heavy atom. The minimum absolute atomic E-state index is 2.30. The molecule has 2 aliphatic rings. The highest BCUT2D eigenvalue weighted by Gasteiger charge is 2.92. The summed E-state index contributed by atoms with van der Waals surface area (Å²) in [5, 5.41) is 0. The molecule has 2 unspecified atom stereocenters. The highest BCUT2D eigenvalue weighted by atomic mass is 19.4. The molecule has 0 aromatic rings. The van der Waals surface area contributed by atoms with E-state index in [0.29, 0.717) is 0 Å². The molecule has 1 nitrogen and oxygen atoms in total. The third kappa shape index (κ3) is 2.56. The summed E-state index contributed by atoms with van der Waals surface area (Å²) in [4.78, 5) is 0. The summed E-state index contributed by atoms with van der Waals surface area (Å²) in [5.41, 5.74) is -11.6. The van der Waals surface area contributed by atoms with Crippen LogP contribution in [0.2, 0.25) is 0 Å². The maximum absolute atomic E-state index is 13.9. The average molecular weight is 485 g/mol. The van der Waals surface area contributed by atoms with Gasteiger partial charge in [-0.25, -0.2) is 8.78 Å². The average Bonchev–Trinajstić information content (AvgIpc) is 2.50. The van der Waals surface area contributed by atoms with Gasteiger partial charge >= 0.3 is 47.6 Å². The van der Waals surface area contributed by atoms with Crippen molar-refractivity contribution in [3.63, 3.8) is 0 Å². The van der Waals surface area contributed by atoms with Gasteiger partial charge in [0, 0.05) is 0 Å². The van der Waals surface area contributed by atoms with E-state index in [-0.39, 0.29) is 0 Å². The molecule has 1 fully saturated rings.